The van der Waals surface area contributed by atoms with Gasteiger partial charge in [-0.1, -0.05) is 12.7 Å². The Bertz CT molecular complexity index is 4880. The van der Waals surface area contributed by atoms with Crippen LogP contribution in [-0.4, -0.2) is 93.2 Å². The highest BCUT2D eigenvalue weighted by molar-refractivity contribution is 5.97. The van der Waals surface area contributed by atoms with E-state index in [1.54, 1.807) is 46.6 Å². The lowest BCUT2D eigenvalue weighted by atomic mass is 10.0. The maximum absolute atomic E-state index is 14.0. The second-order valence-corrected chi connectivity index (χ2v) is 28.8. The van der Waals surface area contributed by atoms with Crippen LogP contribution in [0, 0.1) is 0 Å². The summed E-state index contributed by atoms with van der Waals surface area (Å²) in [6, 6.07) is 75.6. The summed E-state index contributed by atoms with van der Waals surface area (Å²) >= 11 is 0. The Balaban J connectivity index is 0.642. The van der Waals surface area contributed by atoms with Crippen LogP contribution in [0.3, 0.4) is 0 Å². The summed E-state index contributed by atoms with van der Waals surface area (Å²) in [5, 5.41) is 34.6. The van der Waals surface area contributed by atoms with E-state index in [1.807, 2.05) is 231 Å². The molecule has 644 valence electrons. The first kappa shape index (κ1) is 90.9. The van der Waals surface area contributed by atoms with Gasteiger partial charge in [0.2, 0.25) is 0 Å². The molecule has 0 unspecified atom stereocenters. The van der Waals surface area contributed by atoms with Gasteiger partial charge in [0, 0.05) is 12.1 Å². The molecule has 0 N–H and O–H groups in total. The van der Waals surface area contributed by atoms with Gasteiger partial charge < -0.3 is 66.3 Å². The van der Waals surface area contributed by atoms with E-state index >= 15 is 0 Å². The standard InChI is InChI=1S/C100H108N8O16/c1-6-76-69-77(99(109)123-72-74-65-94(119-61-19-11-7-15-57-115-90-48-32-82(33-49-90)105-101-78-24-40-86(111-2)41-25-78)70-95(66-74)120-62-20-12-8-16-58-116-91-50-34-83(35-51-91)106-102-79-26-42-87(112-3)43-27-79)23-56-98(76)100(110)124-73-75-67-96(121-63-21-13-9-17-59-117-92-52-36-84(37-53-92)107-103-80-28-44-88(113-4)45-29-80)71-97(68-75)122-64-22-14-10-18-60-118-93-54-38-85(39-55-93)108-104-81-30-46-89(114-5)47-31-81/h6,23-56,65-71H,1,7-22,57-64,72-73H2,2-5H3. The maximum Gasteiger partial charge on any atom is 0.339 e. The summed E-state index contributed by atoms with van der Waals surface area (Å²) in [7, 11) is 6.51. The highest BCUT2D eigenvalue weighted by atomic mass is 16.5. The van der Waals surface area contributed by atoms with Crippen LogP contribution in [0.25, 0.3) is 6.08 Å². The monoisotopic (exact) mass is 1680 g/mol. The SMILES string of the molecule is C=Cc1cc(C(=O)OCc2cc(OCCCCCCOc3ccc(N=Nc4ccc(OC)cc4)cc3)cc(OCCCCCCOc3ccc(N=Nc4ccc(OC)cc4)cc3)c2)ccc1C(=O)OCc1cc(OCCCCCCOc2ccc(N=Nc3ccc(OC)cc3)cc2)cc(OCCCCCCOc2ccc(N=Nc3ccc(OC)cc3)cc2)c1. The van der Waals surface area contributed by atoms with Gasteiger partial charge in [0.15, 0.2) is 0 Å². The van der Waals surface area contributed by atoms with Crippen molar-refractivity contribution in [2.24, 2.45) is 40.9 Å². The third-order valence-electron chi connectivity index (χ3n) is 19.4. The molecule has 24 nitrogen and oxygen atoms in total. The molecule has 0 bridgehead atoms. The number of esters is 2. The van der Waals surface area contributed by atoms with Gasteiger partial charge in [-0.15, -0.1) is 0 Å². The van der Waals surface area contributed by atoms with Crippen LogP contribution in [0.15, 0.2) is 296 Å². The number of carbonyl (C=O) groups is 2. The highest BCUT2D eigenvalue weighted by Gasteiger charge is 2.18. The molecule has 11 rings (SSSR count). The number of carbonyl (C=O) groups excluding carboxylic acids is 2. The normalized spacial score (nSPS) is 11.2. The Morgan fingerprint density at radius 3 is 0.669 bits per heavy atom. The summed E-state index contributed by atoms with van der Waals surface area (Å²) in [6.45, 7) is 7.98. The smallest absolute Gasteiger partial charge is 0.339 e. The van der Waals surface area contributed by atoms with Gasteiger partial charge in [-0.25, -0.2) is 9.59 Å². The van der Waals surface area contributed by atoms with Crippen LogP contribution in [0.5, 0.6) is 69.0 Å². The van der Waals surface area contributed by atoms with Crippen LogP contribution in [0.2, 0.25) is 0 Å². The van der Waals surface area contributed by atoms with Crippen molar-refractivity contribution in [1.29, 1.82) is 0 Å². The molecule has 0 aliphatic rings. The third-order valence-corrected chi connectivity index (χ3v) is 19.4. The van der Waals surface area contributed by atoms with E-state index in [4.69, 9.17) is 66.3 Å². The molecule has 0 fully saturated rings. The third kappa shape index (κ3) is 32.6. The van der Waals surface area contributed by atoms with Crippen LogP contribution in [0.4, 0.5) is 45.5 Å². The predicted molar refractivity (Wildman–Crippen MR) is 480 cm³/mol. The molecular weight excluding hydrogens is 1570 g/mol. The second-order valence-electron chi connectivity index (χ2n) is 28.8. The summed E-state index contributed by atoms with van der Waals surface area (Å²) < 4.78 is 82.3. The molecule has 0 aromatic heterocycles. The number of nitrogens with zero attached hydrogens (tertiary/aromatic N) is 8. The summed E-state index contributed by atoms with van der Waals surface area (Å²) in [5.74, 6) is 7.27. The number of ether oxygens (including phenoxy) is 14. The molecule has 0 heterocycles. The quantitative estimate of drug-likeness (QED) is 0.0195. The number of benzene rings is 11. The molecule has 0 amide bonds. The first-order chi connectivity index (χ1) is 61.0. The van der Waals surface area contributed by atoms with Crippen molar-refractivity contribution in [2.45, 2.75) is 116 Å². The molecule has 0 aliphatic heterocycles. The lowest BCUT2D eigenvalue weighted by Crippen LogP contribution is -2.10. The zero-order valence-corrected chi connectivity index (χ0v) is 71.0. The van der Waals surface area contributed by atoms with Crippen LogP contribution < -0.4 is 56.8 Å². The van der Waals surface area contributed by atoms with E-state index in [1.165, 1.54) is 6.08 Å². The van der Waals surface area contributed by atoms with Gasteiger partial charge in [-0.3, -0.25) is 0 Å². The zero-order chi connectivity index (χ0) is 86.2. The lowest BCUT2D eigenvalue weighted by Gasteiger charge is -2.14. The van der Waals surface area contributed by atoms with Gasteiger partial charge in [0.25, 0.3) is 0 Å². The summed E-state index contributed by atoms with van der Waals surface area (Å²) in [5.41, 5.74) is 8.01. The van der Waals surface area contributed by atoms with Crippen molar-refractivity contribution in [3.8, 4) is 69.0 Å². The first-order valence-corrected chi connectivity index (χ1v) is 42.1. The number of unbranched alkanes of at least 4 members (excludes halogenated alkanes) is 12. The van der Waals surface area contributed by atoms with Crippen LogP contribution >= 0.6 is 0 Å². The Morgan fingerprint density at radius 1 is 0.242 bits per heavy atom. The van der Waals surface area contributed by atoms with Crippen molar-refractivity contribution in [1.82, 2.24) is 0 Å². The molecule has 11 aromatic carbocycles. The molecular formula is C100H108N8O16. The Morgan fingerprint density at radius 2 is 0.452 bits per heavy atom. The van der Waals surface area contributed by atoms with E-state index in [0.717, 1.165) is 194 Å². The van der Waals surface area contributed by atoms with E-state index < -0.39 is 11.9 Å². The Kier molecular flexibility index (Phi) is 37.8. The van der Waals surface area contributed by atoms with Crippen LogP contribution in [-0.2, 0) is 22.7 Å². The topological polar surface area (TPSA) is 262 Å². The molecule has 124 heavy (non-hydrogen) atoms. The van der Waals surface area contributed by atoms with E-state index in [-0.39, 0.29) is 24.3 Å². The molecule has 11 aromatic rings. The average Bonchev–Trinajstić information content (AvgIpc) is 0.826. The van der Waals surface area contributed by atoms with Gasteiger partial charge >= 0.3 is 11.9 Å². The summed E-state index contributed by atoms with van der Waals surface area (Å²) in [4.78, 5) is 27.9. The van der Waals surface area contributed by atoms with E-state index in [0.29, 0.717) is 92.5 Å². The fraction of sp³-hybridized carbons (Fsp3) is 0.300. The minimum absolute atomic E-state index is 0.0768. The Hall–Kier alpha value is -13.9. The molecule has 0 saturated carbocycles. The molecule has 0 aliphatic carbocycles. The number of methoxy groups -OCH3 is 4. The van der Waals surface area contributed by atoms with Gasteiger partial charge in [0.1, 0.15) is 82.2 Å². The van der Waals surface area contributed by atoms with Gasteiger partial charge in [0.05, 0.1) is 138 Å². The molecule has 0 saturated heterocycles. The van der Waals surface area contributed by atoms with Gasteiger partial charge in [-0.2, -0.15) is 40.9 Å². The number of hydrogen-bond acceptors (Lipinski definition) is 24. The van der Waals surface area contributed by atoms with Crippen molar-refractivity contribution >= 4 is 63.5 Å². The van der Waals surface area contributed by atoms with Crippen molar-refractivity contribution < 1.29 is 75.9 Å². The lowest BCUT2D eigenvalue weighted by molar-refractivity contribution is 0.0458. The maximum atomic E-state index is 14.0. The van der Waals surface area contributed by atoms with Crippen molar-refractivity contribution in [3.63, 3.8) is 0 Å². The fourth-order valence-electron chi connectivity index (χ4n) is 12.5. The number of rotatable bonds is 55. The first-order valence-electron chi connectivity index (χ1n) is 42.1. The molecule has 24 heteroatoms. The number of hydrogen-bond donors (Lipinski definition) is 0. The average molecular weight is 1680 g/mol. The fourth-order valence-corrected chi connectivity index (χ4v) is 12.5. The van der Waals surface area contributed by atoms with E-state index in [2.05, 4.69) is 47.5 Å². The molecule has 0 spiro atoms. The van der Waals surface area contributed by atoms with Crippen LogP contribution in [0.1, 0.15) is 140 Å². The predicted octanol–water partition coefficient (Wildman–Crippen LogP) is 26.8. The Labute approximate surface area is 725 Å². The molecule has 0 atom stereocenters. The molecule has 0 radical (unpaired) electrons. The van der Waals surface area contributed by atoms with Gasteiger partial charge in [-0.05, 0) is 356 Å². The number of azo groups is 4. The summed E-state index contributed by atoms with van der Waals surface area (Å²) in [6.07, 6.45) is 15.8. The van der Waals surface area contributed by atoms with Crippen molar-refractivity contribution in [3.05, 3.63) is 283 Å². The zero-order valence-electron chi connectivity index (χ0n) is 71.0. The minimum Gasteiger partial charge on any atom is -0.497 e. The minimum atomic E-state index is -0.605. The van der Waals surface area contributed by atoms with E-state index in [9.17, 15) is 9.59 Å². The highest BCUT2D eigenvalue weighted by Crippen LogP contribution is 2.33. The van der Waals surface area contributed by atoms with Crippen molar-refractivity contribution in [2.75, 3.05) is 81.3 Å². The second kappa shape index (κ2) is 51.7. The largest absolute Gasteiger partial charge is 0.497 e.